The lowest BCUT2D eigenvalue weighted by atomic mass is 9.88. The first kappa shape index (κ1) is 12.1. The molecule has 0 spiro atoms. The lowest BCUT2D eigenvalue weighted by Gasteiger charge is -2.26. The summed E-state index contributed by atoms with van der Waals surface area (Å²) >= 11 is 0. The first-order chi connectivity index (χ1) is 7.69. The maximum atomic E-state index is 11.4. The van der Waals surface area contributed by atoms with Crippen molar-refractivity contribution in [2.45, 2.75) is 25.7 Å². The summed E-state index contributed by atoms with van der Waals surface area (Å²) in [5.41, 5.74) is 0. The number of fused-ring (bicyclic) bond motifs is 2. The van der Waals surface area contributed by atoms with Crippen molar-refractivity contribution in [1.29, 1.82) is 0 Å². The molecule has 2 saturated carbocycles. The first-order valence-electron chi connectivity index (χ1n) is 6.38. The van der Waals surface area contributed by atoms with Crippen molar-refractivity contribution in [2.24, 2.45) is 17.8 Å². The van der Waals surface area contributed by atoms with Gasteiger partial charge >= 0.3 is 0 Å². The third-order valence-corrected chi connectivity index (χ3v) is 4.18. The van der Waals surface area contributed by atoms with Crippen LogP contribution in [0.15, 0.2) is 0 Å². The molecule has 0 aliphatic heterocycles. The molecule has 2 aliphatic carbocycles. The van der Waals surface area contributed by atoms with Gasteiger partial charge in [-0.25, -0.2) is 0 Å². The van der Waals surface area contributed by atoms with Gasteiger partial charge in [-0.15, -0.1) is 0 Å². The summed E-state index contributed by atoms with van der Waals surface area (Å²) in [5, 5.41) is 0. The highest BCUT2D eigenvalue weighted by molar-refractivity contribution is 5.81. The molecule has 2 aliphatic rings. The van der Waals surface area contributed by atoms with E-state index in [2.05, 4.69) is 11.9 Å². The van der Waals surface area contributed by atoms with Crippen LogP contribution in [0.5, 0.6) is 0 Å². The molecule has 3 heteroatoms. The highest BCUT2D eigenvalue weighted by Crippen LogP contribution is 2.48. The Labute approximate surface area is 98.1 Å². The fraction of sp³-hybridized carbons (Fsp3) is 0.923. The van der Waals surface area contributed by atoms with E-state index in [0.29, 0.717) is 6.54 Å². The van der Waals surface area contributed by atoms with Crippen LogP contribution in [0.4, 0.5) is 0 Å². The van der Waals surface area contributed by atoms with Crippen molar-refractivity contribution < 1.29 is 9.53 Å². The van der Waals surface area contributed by atoms with Crippen molar-refractivity contribution in [3.05, 3.63) is 0 Å². The molecule has 0 aromatic carbocycles. The number of Topliss-reactive ketones (excluding diaryl/α,β-unsaturated/α-hetero) is 1. The fourth-order valence-electron chi connectivity index (χ4n) is 3.57. The number of ketones is 1. The lowest BCUT2D eigenvalue weighted by molar-refractivity contribution is -0.123. The number of rotatable bonds is 6. The minimum Gasteiger partial charge on any atom is -0.377 e. The number of hydrogen-bond acceptors (Lipinski definition) is 3. The number of methoxy groups -OCH3 is 1. The number of carbonyl (C=O) groups is 1. The second-order valence-corrected chi connectivity index (χ2v) is 5.60. The van der Waals surface area contributed by atoms with Crippen molar-refractivity contribution in [3.8, 4) is 0 Å². The molecule has 3 nitrogen and oxygen atoms in total. The van der Waals surface area contributed by atoms with Crippen molar-refractivity contribution in [1.82, 2.24) is 4.90 Å². The van der Waals surface area contributed by atoms with Gasteiger partial charge in [0.25, 0.3) is 0 Å². The molecule has 0 aromatic rings. The molecule has 3 atom stereocenters. The number of hydrogen-bond donors (Lipinski definition) is 0. The fourth-order valence-corrected chi connectivity index (χ4v) is 3.57. The first-order valence-corrected chi connectivity index (χ1v) is 6.38. The van der Waals surface area contributed by atoms with Gasteiger partial charge in [0.05, 0.1) is 6.54 Å². The van der Waals surface area contributed by atoms with E-state index >= 15 is 0 Å². The van der Waals surface area contributed by atoms with Crippen molar-refractivity contribution in [2.75, 3.05) is 33.9 Å². The normalized spacial score (nSPS) is 32.6. The molecule has 0 heterocycles. The van der Waals surface area contributed by atoms with Gasteiger partial charge in [-0.2, -0.15) is 0 Å². The Morgan fingerprint density at radius 1 is 1.38 bits per heavy atom. The predicted molar refractivity (Wildman–Crippen MR) is 63.3 cm³/mol. The molecule has 0 N–H and O–H groups in total. The van der Waals surface area contributed by atoms with Gasteiger partial charge in [0.15, 0.2) is 5.78 Å². The van der Waals surface area contributed by atoms with Crippen LogP contribution in [0, 0.1) is 17.8 Å². The third-order valence-electron chi connectivity index (χ3n) is 4.18. The predicted octanol–water partition coefficient (Wildman–Crippen LogP) is 1.57. The van der Waals surface area contributed by atoms with Crippen LogP contribution in [0.3, 0.4) is 0 Å². The Balaban J connectivity index is 1.71. The Kier molecular flexibility index (Phi) is 3.98. The molecule has 16 heavy (non-hydrogen) atoms. The lowest BCUT2D eigenvalue weighted by Crippen LogP contribution is -2.34. The second kappa shape index (κ2) is 5.28. The molecule has 0 radical (unpaired) electrons. The summed E-state index contributed by atoms with van der Waals surface area (Å²) in [5.74, 6) is 2.98. The van der Waals surface area contributed by atoms with Gasteiger partial charge in [-0.1, -0.05) is 6.42 Å². The molecular formula is C13H23NO2. The molecule has 3 unspecified atom stereocenters. The van der Waals surface area contributed by atoms with E-state index in [1.165, 1.54) is 25.7 Å². The van der Waals surface area contributed by atoms with E-state index in [4.69, 9.17) is 4.74 Å². The Hall–Kier alpha value is -0.410. The number of nitrogens with zero attached hydrogens (tertiary/aromatic N) is 1. The van der Waals surface area contributed by atoms with Crippen molar-refractivity contribution in [3.63, 3.8) is 0 Å². The molecule has 2 fully saturated rings. The average Bonchev–Trinajstić information content (AvgIpc) is 2.78. The molecule has 0 aromatic heterocycles. The zero-order valence-electron chi connectivity index (χ0n) is 10.4. The average molecular weight is 225 g/mol. The number of ether oxygens (including phenoxy) is 1. The van der Waals surface area contributed by atoms with Crippen LogP contribution in [-0.4, -0.2) is 44.5 Å². The zero-order valence-corrected chi connectivity index (χ0v) is 10.4. The summed E-state index contributed by atoms with van der Waals surface area (Å²) < 4.78 is 4.85. The van der Waals surface area contributed by atoms with Gasteiger partial charge in [-0.3, -0.25) is 9.69 Å². The van der Waals surface area contributed by atoms with Crippen LogP contribution >= 0.6 is 0 Å². The van der Waals surface area contributed by atoms with E-state index in [9.17, 15) is 4.79 Å². The van der Waals surface area contributed by atoms with E-state index < -0.39 is 0 Å². The quantitative estimate of drug-likeness (QED) is 0.687. The van der Waals surface area contributed by atoms with Gasteiger partial charge in [0.2, 0.25) is 0 Å². The summed E-state index contributed by atoms with van der Waals surface area (Å²) in [4.78, 5) is 13.6. The Morgan fingerprint density at radius 2 is 2.19 bits per heavy atom. The molecule has 0 amide bonds. The highest BCUT2D eigenvalue weighted by atomic mass is 16.5. The van der Waals surface area contributed by atoms with Gasteiger partial charge in [-0.05, 0) is 44.1 Å². The summed E-state index contributed by atoms with van der Waals surface area (Å²) in [6.07, 6.45) is 5.72. The van der Waals surface area contributed by atoms with Crippen LogP contribution in [0.25, 0.3) is 0 Å². The van der Waals surface area contributed by atoms with Crippen LogP contribution in [0.1, 0.15) is 25.7 Å². The molecular weight excluding hydrogens is 202 g/mol. The smallest absolute Gasteiger partial charge is 0.172 e. The van der Waals surface area contributed by atoms with E-state index in [-0.39, 0.29) is 12.4 Å². The second-order valence-electron chi connectivity index (χ2n) is 5.60. The largest absolute Gasteiger partial charge is 0.377 e. The summed E-state index contributed by atoms with van der Waals surface area (Å²) in [7, 11) is 3.63. The Bertz CT molecular complexity index is 254. The number of likely N-dealkylation sites (N-methyl/N-ethyl adjacent to an activating group) is 1. The molecule has 92 valence electrons. The van der Waals surface area contributed by atoms with Crippen molar-refractivity contribution >= 4 is 5.78 Å². The van der Waals surface area contributed by atoms with E-state index in [1.807, 2.05) is 0 Å². The maximum absolute atomic E-state index is 11.4. The topological polar surface area (TPSA) is 29.5 Å². The summed E-state index contributed by atoms with van der Waals surface area (Å²) in [6.45, 7) is 1.89. The highest BCUT2D eigenvalue weighted by Gasteiger charge is 2.39. The standard InChI is InChI=1S/C13H23NO2/c1-14(8-13(15)9-16-2)7-12-6-10-3-4-11(12)5-10/h10-12H,3-9H2,1-2H3. The molecule has 0 saturated heterocycles. The van der Waals surface area contributed by atoms with Crippen LogP contribution in [-0.2, 0) is 9.53 Å². The van der Waals surface area contributed by atoms with Crippen LogP contribution < -0.4 is 0 Å². The Morgan fingerprint density at radius 3 is 2.75 bits per heavy atom. The molecule has 2 bridgehead atoms. The number of carbonyl (C=O) groups excluding carboxylic acids is 1. The summed E-state index contributed by atoms with van der Waals surface area (Å²) in [6, 6.07) is 0. The SMILES string of the molecule is COCC(=O)CN(C)CC1CC2CCC1C2. The minimum absolute atomic E-state index is 0.188. The van der Waals surface area contributed by atoms with Gasteiger partial charge < -0.3 is 4.74 Å². The van der Waals surface area contributed by atoms with Crippen LogP contribution in [0.2, 0.25) is 0 Å². The molecule has 2 rings (SSSR count). The van der Waals surface area contributed by atoms with Gasteiger partial charge in [0.1, 0.15) is 6.61 Å². The van der Waals surface area contributed by atoms with Gasteiger partial charge in [0, 0.05) is 13.7 Å². The van der Waals surface area contributed by atoms with E-state index in [1.54, 1.807) is 7.11 Å². The monoisotopic (exact) mass is 225 g/mol. The van der Waals surface area contributed by atoms with E-state index in [0.717, 1.165) is 24.3 Å². The maximum Gasteiger partial charge on any atom is 0.172 e. The minimum atomic E-state index is 0.188. The third kappa shape index (κ3) is 2.83. The zero-order chi connectivity index (χ0) is 11.5.